The minimum absolute atomic E-state index is 0.0323. The fraction of sp³-hybridized carbons (Fsp3) is 1.00. The minimum Gasteiger partial charge on any atom is -0.300 e. The molecule has 1 aliphatic rings. The zero-order chi connectivity index (χ0) is 11.9. The molecule has 90 valence electrons. The molecule has 0 aromatic rings. The van der Waals surface area contributed by atoms with Crippen LogP contribution in [0.3, 0.4) is 0 Å². The zero-order valence-electron chi connectivity index (χ0n) is 8.56. The number of sulfone groups is 1. The highest BCUT2D eigenvalue weighted by Gasteiger charge is 2.63. The van der Waals surface area contributed by atoms with E-state index in [1.54, 1.807) is 0 Å². The van der Waals surface area contributed by atoms with Gasteiger partial charge in [0.25, 0.3) is 0 Å². The summed E-state index contributed by atoms with van der Waals surface area (Å²) in [5.41, 5.74) is -1.84. The average molecular weight is 245 g/mol. The lowest BCUT2D eigenvalue weighted by atomic mass is 10.2. The highest BCUT2D eigenvalue weighted by Crippen LogP contribution is 2.49. The highest BCUT2D eigenvalue weighted by molar-refractivity contribution is 7.90. The Hall–Kier alpha value is -0.300. The summed E-state index contributed by atoms with van der Waals surface area (Å²) in [6, 6.07) is -0.677. The topological polar surface area (TPSA) is 46.2 Å². The zero-order valence-corrected chi connectivity index (χ0v) is 9.37. The third-order valence-corrected chi connectivity index (χ3v) is 3.47. The molecule has 1 rings (SSSR count). The third kappa shape index (κ3) is 3.34. The van der Waals surface area contributed by atoms with Crippen molar-refractivity contribution in [3.8, 4) is 0 Å². The maximum absolute atomic E-state index is 12.5. The molecule has 0 aliphatic heterocycles. The minimum atomic E-state index is -4.29. The SMILES string of the molecule is CC(CS(C)(=O)=O)NC1(C(F)(F)F)CC1. The number of halogens is 3. The van der Waals surface area contributed by atoms with Gasteiger partial charge < -0.3 is 5.32 Å². The van der Waals surface area contributed by atoms with Gasteiger partial charge in [0.1, 0.15) is 15.4 Å². The third-order valence-electron chi connectivity index (χ3n) is 2.37. The van der Waals surface area contributed by atoms with E-state index in [-0.39, 0.29) is 18.6 Å². The van der Waals surface area contributed by atoms with Crippen molar-refractivity contribution in [3.63, 3.8) is 0 Å². The van der Waals surface area contributed by atoms with Crippen LogP contribution in [0, 0.1) is 0 Å². The second kappa shape index (κ2) is 3.62. The second-order valence-electron chi connectivity index (χ2n) is 4.22. The number of alkyl halides is 3. The van der Waals surface area contributed by atoms with E-state index in [0.717, 1.165) is 6.26 Å². The fourth-order valence-corrected chi connectivity index (χ4v) is 2.59. The van der Waals surface area contributed by atoms with Crippen LogP contribution in [0.25, 0.3) is 0 Å². The van der Waals surface area contributed by atoms with Crippen molar-refractivity contribution in [2.45, 2.75) is 37.5 Å². The maximum atomic E-state index is 12.5. The molecule has 0 aromatic carbocycles. The van der Waals surface area contributed by atoms with Crippen molar-refractivity contribution >= 4 is 9.84 Å². The molecule has 0 saturated heterocycles. The molecule has 7 heteroatoms. The van der Waals surface area contributed by atoms with Gasteiger partial charge >= 0.3 is 6.18 Å². The van der Waals surface area contributed by atoms with E-state index in [1.807, 2.05) is 0 Å². The van der Waals surface area contributed by atoms with Gasteiger partial charge in [-0.25, -0.2) is 8.42 Å². The Morgan fingerprint density at radius 1 is 1.40 bits per heavy atom. The lowest BCUT2D eigenvalue weighted by Crippen LogP contribution is -2.50. The van der Waals surface area contributed by atoms with E-state index in [9.17, 15) is 21.6 Å². The van der Waals surface area contributed by atoms with Gasteiger partial charge in [0.15, 0.2) is 0 Å². The van der Waals surface area contributed by atoms with Gasteiger partial charge in [-0.15, -0.1) is 0 Å². The second-order valence-corrected chi connectivity index (χ2v) is 6.40. The number of rotatable bonds is 4. The van der Waals surface area contributed by atoms with Crippen LogP contribution in [0.2, 0.25) is 0 Å². The number of hydrogen-bond donors (Lipinski definition) is 1. The Morgan fingerprint density at radius 2 is 1.87 bits per heavy atom. The Morgan fingerprint density at radius 3 is 2.13 bits per heavy atom. The first-order valence-electron chi connectivity index (χ1n) is 4.58. The number of nitrogens with one attached hydrogen (secondary N) is 1. The Bertz CT molecular complexity index is 332. The van der Waals surface area contributed by atoms with Crippen molar-refractivity contribution in [1.29, 1.82) is 0 Å². The van der Waals surface area contributed by atoms with Crippen molar-refractivity contribution in [2.75, 3.05) is 12.0 Å². The molecule has 0 aromatic heterocycles. The molecule has 0 bridgehead atoms. The summed E-state index contributed by atoms with van der Waals surface area (Å²) >= 11 is 0. The molecule has 1 unspecified atom stereocenters. The molecule has 0 radical (unpaired) electrons. The van der Waals surface area contributed by atoms with Gasteiger partial charge in [-0.1, -0.05) is 0 Å². The highest BCUT2D eigenvalue weighted by atomic mass is 32.2. The quantitative estimate of drug-likeness (QED) is 0.807. The van der Waals surface area contributed by atoms with Crippen molar-refractivity contribution in [1.82, 2.24) is 5.32 Å². The van der Waals surface area contributed by atoms with Gasteiger partial charge in [-0.3, -0.25) is 0 Å². The molecule has 1 atom stereocenters. The van der Waals surface area contributed by atoms with E-state index in [1.165, 1.54) is 6.92 Å². The normalized spacial score (nSPS) is 22.5. The first-order valence-corrected chi connectivity index (χ1v) is 6.64. The van der Waals surface area contributed by atoms with E-state index < -0.39 is 27.6 Å². The van der Waals surface area contributed by atoms with E-state index in [4.69, 9.17) is 0 Å². The van der Waals surface area contributed by atoms with Crippen LogP contribution < -0.4 is 5.32 Å². The molecular weight excluding hydrogens is 231 g/mol. The van der Waals surface area contributed by atoms with E-state index in [0.29, 0.717) is 0 Å². The molecule has 0 heterocycles. The van der Waals surface area contributed by atoms with Crippen LogP contribution in [0.4, 0.5) is 13.2 Å². The van der Waals surface area contributed by atoms with Crippen molar-refractivity contribution < 1.29 is 21.6 Å². The predicted octanol–water partition coefficient (Wildman–Crippen LogP) is 1.10. The maximum Gasteiger partial charge on any atom is 0.406 e. The lowest BCUT2D eigenvalue weighted by Gasteiger charge is -2.24. The summed E-state index contributed by atoms with van der Waals surface area (Å²) in [4.78, 5) is 0. The van der Waals surface area contributed by atoms with Gasteiger partial charge in [-0.2, -0.15) is 13.2 Å². The molecule has 0 amide bonds. The average Bonchev–Trinajstić information content (AvgIpc) is 2.61. The van der Waals surface area contributed by atoms with Crippen LogP contribution in [-0.2, 0) is 9.84 Å². The van der Waals surface area contributed by atoms with Gasteiger partial charge in [0.2, 0.25) is 0 Å². The van der Waals surface area contributed by atoms with Crippen LogP contribution >= 0.6 is 0 Å². The molecular formula is C8H14F3NO2S. The summed E-state index contributed by atoms with van der Waals surface area (Å²) in [6.07, 6.45) is -3.22. The van der Waals surface area contributed by atoms with Crippen LogP contribution in [0.15, 0.2) is 0 Å². The molecule has 15 heavy (non-hydrogen) atoms. The summed E-state index contributed by atoms with van der Waals surface area (Å²) < 4.78 is 59.2. The summed E-state index contributed by atoms with van der Waals surface area (Å²) in [7, 11) is -3.24. The number of hydrogen-bond acceptors (Lipinski definition) is 3. The molecule has 1 fully saturated rings. The van der Waals surface area contributed by atoms with Crippen LogP contribution in [0.1, 0.15) is 19.8 Å². The van der Waals surface area contributed by atoms with Gasteiger partial charge in [0.05, 0.1) is 5.75 Å². The molecule has 3 nitrogen and oxygen atoms in total. The Labute approximate surface area is 87.0 Å². The van der Waals surface area contributed by atoms with Gasteiger partial charge in [-0.05, 0) is 19.8 Å². The van der Waals surface area contributed by atoms with Crippen molar-refractivity contribution in [2.24, 2.45) is 0 Å². The largest absolute Gasteiger partial charge is 0.406 e. The smallest absolute Gasteiger partial charge is 0.300 e. The van der Waals surface area contributed by atoms with E-state index in [2.05, 4.69) is 5.32 Å². The summed E-state index contributed by atoms with van der Waals surface area (Å²) in [6.45, 7) is 1.45. The molecule has 0 spiro atoms. The molecule has 1 N–H and O–H groups in total. The Balaban J connectivity index is 2.56. The Kier molecular flexibility index (Phi) is 3.08. The standard InChI is InChI=1S/C8H14F3NO2S/c1-6(5-15(2,13)14)12-7(3-4-7)8(9,10)11/h6,12H,3-5H2,1-2H3. The monoisotopic (exact) mass is 245 g/mol. The lowest BCUT2D eigenvalue weighted by molar-refractivity contribution is -0.167. The first kappa shape index (κ1) is 12.8. The fourth-order valence-electron chi connectivity index (χ4n) is 1.60. The molecule has 1 saturated carbocycles. The van der Waals surface area contributed by atoms with E-state index >= 15 is 0 Å². The first-order chi connectivity index (χ1) is 6.56. The summed E-state index contributed by atoms with van der Waals surface area (Å²) in [5.74, 6) is -0.273. The van der Waals surface area contributed by atoms with Crippen molar-refractivity contribution in [3.05, 3.63) is 0 Å². The summed E-state index contributed by atoms with van der Waals surface area (Å²) in [5, 5.41) is 2.36. The van der Waals surface area contributed by atoms with Crippen LogP contribution in [0.5, 0.6) is 0 Å². The van der Waals surface area contributed by atoms with Gasteiger partial charge in [0, 0.05) is 12.3 Å². The molecule has 1 aliphatic carbocycles. The predicted molar refractivity (Wildman–Crippen MR) is 50.3 cm³/mol. The van der Waals surface area contributed by atoms with Crippen LogP contribution in [-0.4, -0.2) is 38.2 Å².